The summed E-state index contributed by atoms with van der Waals surface area (Å²) < 4.78 is 24.6. The molecule has 6 nitrogen and oxygen atoms in total. The van der Waals surface area contributed by atoms with Crippen molar-refractivity contribution in [1.82, 2.24) is 15.0 Å². The molecule has 0 bridgehead atoms. The molecule has 0 saturated heterocycles. The zero-order chi connectivity index (χ0) is 15.8. The summed E-state index contributed by atoms with van der Waals surface area (Å²) in [5.74, 6) is 0.237. The van der Waals surface area contributed by atoms with E-state index >= 15 is 0 Å². The van der Waals surface area contributed by atoms with Gasteiger partial charge in [-0.05, 0) is 32.4 Å². The van der Waals surface area contributed by atoms with Gasteiger partial charge in [0.25, 0.3) is 0 Å². The van der Waals surface area contributed by atoms with Crippen LogP contribution in [0.2, 0.25) is 10.3 Å². The standard InChI is InChI=1S/C11H12Cl2N4O2S2/c1-5(2)21(18,19)10-9(20-6(3)15-10)16-8-7(12)4-14-11(13)17-8/h4-5H,1-3H3,(H,14,16,17). The van der Waals surface area contributed by atoms with Crippen molar-refractivity contribution in [3.8, 4) is 0 Å². The van der Waals surface area contributed by atoms with Crippen molar-refractivity contribution in [2.24, 2.45) is 0 Å². The Balaban J connectivity index is 2.49. The Labute approximate surface area is 136 Å². The Bertz CT molecular complexity index is 775. The second-order valence-electron chi connectivity index (χ2n) is 4.42. The second kappa shape index (κ2) is 6.04. The maximum atomic E-state index is 12.3. The smallest absolute Gasteiger partial charge is 0.224 e. The largest absolute Gasteiger partial charge is 0.328 e. The van der Waals surface area contributed by atoms with E-state index < -0.39 is 15.1 Å². The molecule has 0 radical (unpaired) electrons. The number of hydrogen-bond donors (Lipinski definition) is 1. The quantitative estimate of drug-likeness (QED) is 0.833. The number of aryl methyl sites for hydroxylation is 1. The fraction of sp³-hybridized carbons (Fsp3) is 0.364. The second-order valence-corrected chi connectivity index (χ2v) is 8.79. The Hall–Kier alpha value is -0.960. The molecule has 10 heteroatoms. The number of nitrogens with one attached hydrogen (secondary N) is 1. The summed E-state index contributed by atoms with van der Waals surface area (Å²) in [6.45, 7) is 4.93. The summed E-state index contributed by atoms with van der Waals surface area (Å²) in [6, 6.07) is 0. The molecule has 1 N–H and O–H groups in total. The fourth-order valence-corrected chi connectivity index (χ4v) is 3.98. The van der Waals surface area contributed by atoms with E-state index in [1.807, 2.05) is 0 Å². The van der Waals surface area contributed by atoms with Gasteiger partial charge in [0, 0.05) is 0 Å². The predicted molar refractivity (Wildman–Crippen MR) is 84.5 cm³/mol. The van der Waals surface area contributed by atoms with Gasteiger partial charge in [-0.1, -0.05) is 11.6 Å². The Morgan fingerprint density at radius 3 is 2.57 bits per heavy atom. The predicted octanol–water partition coefficient (Wildman–Crippen LogP) is 3.47. The first-order chi connectivity index (χ1) is 9.71. The van der Waals surface area contributed by atoms with E-state index in [4.69, 9.17) is 23.2 Å². The van der Waals surface area contributed by atoms with Crippen LogP contribution in [0.15, 0.2) is 11.2 Å². The maximum absolute atomic E-state index is 12.3. The monoisotopic (exact) mass is 366 g/mol. The zero-order valence-corrected chi connectivity index (χ0v) is 14.5. The molecular formula is C11H12Cl2N4O2S2. The van der Waals surface area contributed by atoms with E-state index in [0.29, 0.717) is 10.0 Å². The summed E-state index contributed by atoms with van der Waals surface area (Å²) >= 11 is 12.9. The lowest BCUT2D eigenvalue weighted by molar-refractivity contribution is 0.584. The van der Waals surface area contributed by atoms with Gasteiger partial charge in [-0.25, -0.2) is 18.4 Å². The topological polar surface area (TPSA) is 84.8 Å². The number of aromatic nitrogens is 3. The van der Waals surface area contributed by atoms with Gasteiger partial charge in [0.05, 0.1) is 16.5 Å². The molecule has 2 heterocycles. The van der Waals surface area contributed by atoms with Gasteiger partial charge in [-0.15, -0.1) is 11.3 Å². The number of anilines is 2. The maximum Gasteiger partial charge on any atom is 0.224 e. The van der Waals surface area contributed by atoms with Gasteiger partial charge >= 0.3 is 0 Å². The van der Waals surface area contributed by atoms with Crippen LogP contribution in [0, 0.1) is 6.92 Å². The van der Waals surface area contributed by atoms with Crippen LogP contribution < -0.4 is 5.32 Å². The van der Waals surface area contributed by atoms with E-state index in [2.05, 4.69) is 20.3 Å². The molecule has 0 saturated carbocycles. The van der Waals surface area contributed by atoms with Crippen molar-refractivity contribution >= 4 is 55.2 Å². The molecule has 0 spiro atoms. The molecule has 114 valence electrons. The molecule has 2 aromatic rings. The number of halogens is 2. The molecule has 0 amide bonds. The molecule has 21 heavy (non-hydrogen) atoms. The van der Waals surface area contributed by atoms with Crippen LogP contribution in [0.25, 0.3) is 0 Å². The van der Waals surface area contributed by atoms with Crippen LogP contribution in [0.5, 0.6) is 0 Å². The molecule has 2 aromatic heterocycles. The minimum atomic E-state index is -3.51. The van der Waals surface area contributed by atoms with Crippen molar-refractivity contribution in [2.75, 3.05) is 5.32 Å². The highest BCUT2D eigenvalue weighted by Gasteiger charge is 2.27. The number of rotatable bonds is 4. The van der Waals surface area contributed by atoms with E-state index in [0.717, 1.165) is 0 Å². The molecule has 2 rings (SSSR count). The summed E-state index contributed by atoms with van der Waals surface area (Å²) in [7, 11) is -3.51. The summed E-state index contributed by atoms with van der Waals surface area (Å²) in [5.41, 5.74) is 0. The molecule has 0 aliphatic rings. The number of nitrogens with zero attached hydrogens (tertiary/aromatic N) is 3. The van der Waals surface area contributed by atoms with E-state index in [1.165, 1.54) is 17.5 Å². The van der Waals surface area contributed by atoms with Gasteiger partial charge in [-0.2, -0.15) is 4.98 Å². The highest BCUT2D eigenvalue weighted by atomic mass is 35.5. The van der Waals surface area contributed by atoms with Crippen LogP contribution >= 0.6 is 34.5 Å². The molecule has 0 unspecified atom stereocenters. The third kappa shape index (κ3) is 3.45. The van der Waals surface area contributed by atoms with Crippen molar-refractivity contribution in [3.63, 3.8) is 0 Å². The zero-order valence-electron chi connectivity index (χ0n) is 11.4. The minimum Gasteiger partial charge on any atom is -0.328 e. The normalized spacial score (nSPS) is 11.9. The van der Waals surface area contributed by atoms with Gasteiger partial charge in [-0.3, -0.25) is 0 Å². The van der Waals surface area contributed by atoms with Crippen LogP contribution in [0.1, 0.15) is 18.9 Å². The number of thiazole rings is 1. The first-order valence-corrected chi connectivity index (χ1v) is 9.00. The third-order valence-corrected chi connectivity index (χ3v) is 6.09. The lowest BCUT2D eigenvalue weighted by Crippen LogP contribution is -2.15. The molecule has 0 aliphatic carbocycles. The molecule has 0 aromatic carbocycles. The lowest BCUT2D eigenvalue weighted by Gasteiger charge is -2.09. The minimum absolute atomic E-state index is 0.00852. The molecule has 0 aliphatic heterocycles. The van der Waals surface area contributed by atoms with Crippen LogP contribution in [0.3, 0.4) is 0 Å². The van der Waals surface area contributed by atoms with E-state index in [-0.39, 0.29) is 21.2 Å². The summed E-state index contributed by atoms with van der Waals surface area (Å²) in [6.07, 6.45) is 1.34. The van der Waals surface area contributed by atoms with Gasteiger partial charge in [0.2, 0.25) is 15.1 Å². The SMILES string of the molecule is Cc1nc(S(=O)(=O)C(C)C)c(Nc2nc(Cl)ncc2Cl)s1. The summed E-state index contributed by atoms with van der Waals surface area (Å²) in [4.78, 5) is 11.8. The molecular weight excluding hydrogens is 355 g/mol. The van der Waals surface area contributed by atoms with Gasteiger partial charge in [0.1, 0.15) is 10.0 Å². The third-order valence-electron chi connectivity index (χ3n) is 2.54. The summed E-state index contributed by atoms with van der Waals surface area (Å²) in [5, 5.41) is 3.51. The number of sulfone groups is 1. The average Bonchev–Trinajstić information content (AvgIpc) is 2.75. The van der Waals surface area contributed by atoms with Gasteiger partial charge < -0.3 is 5.32 Å². The Morgan fingerprint density at radius 2 is 1.95 bits per heavy atom. The van der Waals surface area contributed by atoms with Crippen molar-refractivity contribution in [2.45, 2.75) is 31.0 Å². The van der Waals surface area contributed by atoms with Crippen LogP contribution in [0.4, 0.5) is 10.8 Å². The highest BCUT2D eigenvalue weighted by molar-refractivity contribution is 7.92. The lowest BCUT2D eigenvalue weighted by atomic mass is 10.5. The molecule has 0 fully saturated rings. The molecule has 0 atom stereocenters. The van der Waals surface area contributed by atoms with E-state index in [9.17, 15) is 8.42 Å². The van der Waals surface area contributed by atoms with Crippen molar-refractivity contribution in [1.29, 1.82) is 0 Å². The Kier molecular flexibility index (Phi) is 4.72. The van der Waals surface area contributed by atoms with Gasteiger partial charge in [0.15, 0.2) is 10.8 Å². The van der Waals surface area contributed by atoms with Crippen molar-refractivity contribution in [3.05, 3.63) is 21.5 Å². The first kappa shape index (κ1) is 16.4. The van der Waals surface area contributed by atoms with Crippen molar-refractivity contribution < 1.29 is 8.42 Å². The van der Waals surface area contributed by atoms with E-state index in [1.54, 1.807) is 20.8 Å². The Morgan fingerprint density at radius 1 is 1.29 bits per heavy atom. The highest BCUT2D eigenvalue weighted by Crippen LogP contribution is 2.34. The average molecular weight is 367 g/mol. The first-order valence-electron chi connectivity index (χ1n) is 5.88. The number of hydrogen-bond acceptors (Lipinski definition) is 7. The fourth-order valence-electron chi connectivity index (χ4n) is 1.44. The van der Waals surface area contributed by atoms with Crippen LogP contribution in [-0.2, 0) is 9.84 Å². The van der Waals surface area contributed by atoms with Crippen LogP contribution in [-0.4, -0.2) is 28.6 Å².